The number of aryl methyl sites for hydroxylation is 1. The summed E-state index contributed by atoms with van der Waals surface area (Å²) in [5.74, 6) is 1.25. The van der Waals surface area contributed by atoms with Crippen molar-refractivity contribution in [3.63, 3.8) is 0 Å². The van der Waals surface area contributed by atoms with Gasteiger partial charge in [-0.1, -0.05) is 0 Å². The second-order valence-corrected chi connectivity index (χ2v) is 4.54. The topological polar surface area (TPSA) is 62.8 Å². The predicted octanol–water partition coefficient (Wildman–Crippen LogP) is 0.968. The van der Waals surface area contributed by atoms with Crippen LogP contribution in [0.3, 0.4) is 0 Å². The smallest absolute Gasteiger partial charge is 0.177 e. The van der Waals surface area contributed by atoms with Crippen molar-refractivity contribution < 1.29 is 4.74 Å². The summed E-state index contributed by atoms with van der Waals surface area (Å²) in [7, 11) is 1.96. The van der Waals surface area contributed by atoms with Gasteiger partial charge in [-0.25, -0.2) is 9.97 Å². The second kappa shape index (κ2) is 4.09. The van der Waals surface area contributed by atoms with Crippen LogP contribution in [0, 0.1) is 6.92 Å². The highest BCUT2D eigenvalue weighted by atomic mass is 16.5. The van der Waals surface area contributed by atoms with Crippen LogP contribution in [0.15, 0.2) is 12.3 Å². The van der Waals surface area contributed by atoms with Gasteiger partial charge in [-0.2, -0.15) is 0 Å². The first-order valence-corrected chi connectivity index (χ1v) is 5.85. The van der Waals surface area contributed by atoms with Crippen molar-refractivity contribution in [1.82, 2.24) is 20.3 Å². The Morgan fingerprint density at radius 2 is 2.35 bits per heavy atom. The average molecular weight is 232 g/mol. The molecular weight excluding hydrogens is 216 g/mol. The summed E-state index contributed by atoms with van der Waals surface area (Å²) in [5, 5.41) is 3.26. The number of aromatic amines is 1. The van der Waals surface area contributed by atoms with Gasteiger partial charge in [-0.05, 0) is 25.6 Å². The molecular formula is C12H16N4O. The molecule has 0 aromatic carbocycles. The number of ether oxygens (including phenoxy) is 1. The van der Waals surface area contributed by atoms with E-state index in [-0.39, 0.29) is 5.92 Å². The summed E-state index contributed by atoms with van der Waals surface area (Å²) in [6.45, 7) is 3.48. The maximum atomic E-state index is 5.49. The van der Waals surface area contributed by atoms with Crippen molar-refractivity contribution in [2.45, 2.75) is 18.9 Å². The largest absolute Gasteiger partial charge is 0.379 e. The number of likely N-dealkylation sites (N-methyl/N-ethyl adjacent to an activating group) is 1. The summed E-state index contributed by atoms with van der Waals surface area (Å²) in [5.41, 5.74) is 2.93. The van der Waals surface area contributed by atoms with Gasteiger partial charge in [0, 0.05) is 12.2 Å². The number of imidazole rings is 1. The van der Waals surface area contributed by atoms with E-state index in [1.54, 1.807) is 0 Å². The molecule has 1 fully saturated rings. The van der Waals surface area contributed by atoms with Crippen molar-refractivity contribution >= 4 is 11.2 Å². The van der Waals surface area contributed by atoms with Crippen molar-refractivity contribution in [2.24, 2.45) is 0 Å². The fourth-order valence-corrected chi connectivity index (χ4v) is 2.31. The first-order valence-electron chi connectivity index (χ1n) is 5.85. The third kappa shape index (κ3) is 1.81. The molecule has 3 heterocycles. The molecule has 1 aliphatic heterocycles. The summed E-state index contributed by atoms with van der Waals surface area (Å²) in [6, 6.07) is 2.40. The van der Waals surface area contributed by atoms with Crippen LogP contribution in [0.5, 0.6) is 0 Å². The summed E-state index contributed by atoms with van der Waals surface area (Å²) >= 11 is 0. The minimum absolute atomic E-state index is 0.287. The Kier molecular flexibility index (Phi) is 2.57. The van der Waals surface area contributed by atoms with Gasteiger partial charge in [0.1, 0.15) is 5.82 Å². The normalized spacial score (nSPS) is 24.6. The molecule has 1 aliphatic rings. The van der Waals surface area contributed by atoms with Gasteiger partial charge in [0.2, 0.25) is 0 Å². The molecule has 1 saturated heterocycles. The van der Waals surface area contributed by atoms with Crippen LogP contribution < -0.4 is 5.32 Å². The molecule has 0 spiro atoms. The molecule has 0 bridgehead atoms. The van der Waals surface area contributed by atoms with Crippen LogP contribution in [0.25, 0.3) is 11.2 Å². The summed E-state index contributed by atoms with van der Waals surface area (Å²) < 4.78 is 5.49. The zero-order chi connectivity index (χ0) is 11.8. The fraction of sp³-hybridized carbons (Fsp3) is 0.500. The Morgan fingerprint density at radius 3 is 3.18 bits per heavy atom. The average Bonchev–Trinajstić information content (AvgIpc) is 2.93. The predicted molar refractivity (Wildman–Crippen MR) is 65.0 cm³/mol. The lowest BCUT2D eigenvalue weighted by Crippen LogP contribution is -2.31. The molecule has 2 N–H and O–H groups in total. The third-order valence-electron chi connectivity index (χ3n) is 3.30. The van der Waals surface area contributed by atoms with E-state index in [0.29, 0.717) is 12.6 Å². The van der Waals surface area contributed by atoms with E-state index in [1.165, 1.54) is 0 Å². The molecule has 5 nitrogen and oxygen atoms in total. The van der Waals surface area contributed by atoms with E-state index in [4.69, 9.17) is 4.74 Å². The van der Waals surface area contributed by atoms with Gasteiger partial charge in [-0.15, -0.1) is 0 Å². The number of hydrogen-bond donors (Lipinski definition) is 2. The van der Waals surface area contributed by atoms with Crippen LogP contribution in [0.4, 0.5) is 0 Å². The summed E-state index contributed by atoms with van der Waals surface area (Å²) in [4.78, 5) is 12.2. The standard InChI is InChI=1S/C12H16N4O/c1-7-3-9-12(14-4-7)16-11(15-9)8-5-17-6-10(8)13-2/h3-4,8,10,13H,5-6H2,1-2H3,(H,14,15,16). The Morgan fingerprint density at radius 1 is 1.47 bits per heavy atom. The first-order chi connectivity index (χ1) is 8.28. The zero-order valence-electron chi connectivity index (χ0n) is 10.0. The monoisotopic (exact) mass is 232 g/mol. The number of nitrogens with zero attached hydrogens (tertiary/aromatic N) is 2. The lowest BCUT2D eigenvalue weighted by atomic mass is 10.0. The van der Waals surface area contributed by atoms with Gasteiger partial charge in [0.25, 0.3) is 0 Å². The molecule has 2 aromatic rings. The van der Waals surface area contributed by atoms with Gasteiger partial charge in [0.05, 0.1) is 24.6 Å². The van der Waals surface area contributed by atoms with E-state index in [2.05, 4.69) is 26.3 Å². The lowest BCUT2D eigenvalue weighted by molar-refractivity contribution is 0.188. The Labute approximate surface area is 99.6 Å². The third-order valence-corrected chi connectivity index (χ3v) is 3.30. The maximum absolute atomic E-state index is 5.49. The van der Waals surface area contributed by atoms with Gasteiger partial charge in [0.15, 0.2) is 5.65 Å². The molecule has 0 aliphatic carbocycles. The molecule has 17 heavy (non-hydrogen) atoms. The van der Waals surface area contributed by atoms with Crippen molar-refractivity contribution in [3.8, 4) is 0 Å². The van der Waals surface area contributed by atoms with Gasteiger partial charge in [-0.3, -0.25) is 0 Å². The minimum atomic E-state index is 0.287. The fourth-order valence-electron chi connectivity index (χ4n) is 2.31. The lowest BCUT2D eigenvalue weighted by Gasteiger charge is -2.13. The van der Waals surface area contributed by atoms with Gasteiger partial charge < -0.3 is 15.0 Å². The Balaban J connectivity index is 2.00. The molecule has 2 unspecified atom stereocenters. The van der Waals surface area contributed by atoms with Gasteiger partial charge >= 0.3 is 0 Å². The van der Waals surface area contributed by atoms with Crippen molar-refractivity contribution in [2.75, 3.05) is 20.3 Å². The quantitative estimate of drug-likeness (QED) is 0.810. The number of nitrogens with one attached hydrogen (secondary N) is 2. The molecule has 2 atom stereocenters. The van der Waals surface area contributed by atoms with E-state index in [0.717, 1.165) is 29.2 Å². The van der Waals surface area contributed by atoms with Crippen LogP contribution >= 0.6 is 0 Å². The molecule has 0 saturated carbocycles. The molecule has 0 amide bonds. The zero-order valence-corrected chi connectivity index (χ0v) is 10.0. The van der Waals surface area contributed by atoms with Crippen LogP contribution in [-0.4, -0.2) is 41.3 Å². The Hall–Kier alpha value is -1.46. The van der Waals surface area contributed by atoms with Crippen LogP contribution in [0.1, 0.15) is 17.3 Å². The highest BCUT2D eigenvalue weighted by molar-refractivity contribution is 5.71. The number of rotatable bonds is 2. The minimum Gasteiger partial charge on any atom is -0.379 e. The van der Waals surface area contributed by atoms with Crippen LogP contribution in [0.2, 0.25) is 0 Å². The highest BCUT2D eigenvalue weighted by Gasteiger charge is 2.30. The molecule has 2 aromatic heterocycles. The number of H-pyrrole nitrogens is 1. The molecule has 5 heteroatoms. The molecule has 0 radical (unpaired) electrons. The SMILES string of the molecule is CNC1COCC1c1nc2ncc(C)cc2[nH]1. The van der Waals surface area contributed by atoms with E-state index in [1.807, 2.05) is 20.2 Å². The highest BCUT2D eigenvalue weighted by Crippen LogP contribution is 2.25. The van der Waals surface area contributed by atoms with E-state index in [9.17, 15) is 0 Å². The molecule has 3 rings (SSSR count). The molecule has 90 valence electrons. The Bertz CT molecular complexity index is 536. The van der Waals surface area contributed by atoms with E-state index < -0.39 is 0 Å². The van der Waals surface area contributed by atoms with Crippen molar-refractivity contribution in [3.05, 3.63) is 23.7 Å². The van der Waals surface area contributed by atoms with Crippen LogP contribution in [-0.2, 0) is 4.74 Å². The number of aromatic nitrogens is 3. The number of hydrogen-bond acceptors (Lipinski definition) is 4. The number of pyridine rings is 1. The first kappa shape index (κ1) is 10.7. The van der Waals surface area contributed by atoms with Crippen molar-refractivity contribution in [1.29, 1.82) is 0 Å². The van der Waals surface area contributed by atoms with E-state index >= 15 is 0 Å². The summed E-state index contributed by atoms with van der Waals surface area (Å²) in [6.07, 6.45) is 1.84. The second-order valence-electron chi connectivity index (χ2n) is 4.54. The maximum Gasteiger partial charge on any atom is 0.177 e. The number of fused-ring (bicyclic) bond motifs is 1.